The van der Waals surface area contributed by atoms with Gasteiger partial charge in [-0.15, -0.1) is 0 Å². The smallest absolute Gasteiger partial charge is 0.321 e. The number of benzene rings is 1. The predicted molar refractivity (Wildman–Crippen MR) is 99.2 cm³/mol. The first-order chi connectivity index (χ1) is 13.1. The highest BCUT2D eigenvalue weighted by Crippen LogP contribution is 2.39. The number of anilines is 1. The van der Waals surface area contributed by atoms with Gasteiger partial charge in [-0.25, -0.2) is 4.79 Å². The monoisotopic (exact) mass is 369 g/mol. The van der Waals surface area contributed by atoms with Crippen molar-refractivity contribution in [3.63, 3.8) is 0 Å². The number of hydrogen-bond acceptors (Lipinski definition) is 5. The van der Waals surface area contributed by atoms with E-state index in [4.69, 9.17) is 4.52 Å². The highest BCUT2D eigenvalue weighted by atomic mass is 16.5. The number of nitrogens with one attached hydrogen (secondary N) is 1. The van der Waals surface area contributed by atoms with E-state index >= 15 is 0 Å². The third kappa shape index (κ3) is 4.10. The molecule has 0 bridgehead atoms. The van der Waals surface area contributed by atoms with Gasteiger partial charge in [0.05, 0.1) is 0 Å². The number of carbonyl (C=O) groups excluding carboxylic acids is 2. The average molecular weight is 369 g/mol. The maximum absolute atomic E-state index is 12.6. The van der Waals surface area contributed by atoms with Gasteiger partial charge in [-0.2, -0.15) is 4.98 Å². The second kappa shape index (κ2) is 7.38. The summed E-state index contributed by atoms with van der Waals surface area (Å²) in [6, 6.07) is 7.24. The number of rotatable bonds is 3. The van der Waals surface area contributed by atoms with Crippen molar-refractivity contribution >= 4 is 17.6 Å². The van der Waals surface area contributed by atoms with Gasteiger partial charge in [-0.05, 0) is 37.5 Å². The molecule has 2 heterocycles. The fourth-order valence-corrected chi connectivity index (χ4v) is 3.23. The van der Waals surface area contributed by atoms with Crippen molar-refractivity contribution < 1.29 is 14.1 Å². The van der Waals surface area contributed by atoms with Gasteiger partial charge in [-0.3, -0.25) is 4.79 Å². The maximum atomic E-state index is 12.6. The predicted octanol–water partition coefficient (Wildman–Crippen LogP) is 2.70. The van der Waals surface area contributed by atoms with E-state index in [9.17, 15) is 9.59 Å². The Labute approximate surface area is 157 Å². The van der Waals surface area contributed by atoms with Crippen molar-refractivity contribution in [2.75, 3.05) is 31.5 Å². The van der Waals surface area contributed by atoms with Crippen LogP contribution in [-0.4, -0.2) is 58.1 Å². The minimum absolute atomic E-state index is 0.0510. The molecule has 0 unspecified atom stereocenters. The first-order valence-corrected chi connectivity index (χ1v) is 9.35. The Morgan fingerprint density at radius 3 is 2.70 bits per heavy atom. The largest absolute Gasteiger partial charge is 0.341 e. The fraction of sp³-hybridized carbons (Fsp3) is 0.474. The zero-order chi connectivity index (χ0) is 18.8. The van der Waals surface area contributed by atoms with E-state index in [2.05, 4.69) is 15.5 Å². The van der Waals surface area contributed by atoms with Crippen LogP contribution in [-0.2, 0) is 4.79 Å². The number of hydrogen-bond donors (Lipinski definition) is 1. The number of amides is 3. The van der Waals surface area contributed by atoms with Crippen LogP contribution in [0.2, 0.25) is 0 Å². The number of carbonyl (C=O) groups is 2. The average Bonchev–Trinajstić information content (AvgIpc) is 3.44. The molecule has 142 valence electrons. The summed E-state index contributed by atoms with van der Waals surface area (Å²) in [5.74, 6) is 1.72. The topological polar surface area (TPSA) is 91.6 Å². The Balaban J connectivity index is 1.41. The number of nitrogens with zero attached hydrogens (tertiary/aromatic N) is 4. The summed E-state index contributed by atoms with van der Waals surface area (Å²) < 4.78 is 5.36. The minimum atomic E-state index is -0.165. The second-order valence-corrected chi connectivity index (χ2v) is 7.09. The van der Waals surface area contributed by atoms with Crippen LogP contribution in [0.25, 0.3) is 11.5 Å². The highest BCUT2D eigenvalue weighted by Gasteiger charge is 2.29. The summed E-state index contributed by atoms with van der Waals surface area (Å²) in [6.45, 7) is 3.97. The summed E-state index contributed by atoms with van der Waals surface area (Å²) >= 11 is 0. The summed E-state index contributed by atoms with van der Waals surface area (Å²) in [7, 11) is 0. The lowest BCUT2D eigenvalue weighted by atomic mass is 10.2. The van der Waals surface area contributed by atoms with Crippen LogP contribution < -0.4 is 5.32 Å². The molecule has 1 saturated carbocycles. The van der Waals surface area contributed by atoms with E-state index in [1.54, 1.807) is 16.7 Å². The van der Waals surface area contributed by atoms with Gasteiger partial charge < -0.3 is 19.6 Å². The third-order valence-electron chi connectivity index (χ3n) is 4.97. The molecule has 1 aromatic heterocycles. The molecule has 4 rings (SSSR count). The molecule has 0 radical (unpaired) electrons. The summed E-state index contributed by atoms with van der Waals surface area (Å²) in [6.07, 6.45) is 3.01. The number of urea groups is 1. The molecule has 3 amide bonds. The van der Waals surface area contributed by atoms with E-state index in [0.717, 1.165) is 30.7 Å². The molecule has 1 N–H and O–H groups in total. The lowest BCUT2D eigenvalue weighted by molar-refractivity contribution is -0.128. The Morgan fingerprint density at radius 2 is 1.93 bits per heavy atom. The molecular formula is C19H23N5O3. The fourth-order valence-electron chi connectivity index (χ4n) is 3.23. The lowest BCUT2D eigenvalue weighted by Gasteiger charge is -2.21. The Bertz CT molecular complexity index is 845. The SMILES string of the molecule is CC(=O)N1CCCN(C(=O)Nc2cccc(-c3nc(C4CC4)no3)c2)CC1. The van der Waals surface area contributed by atoms with Gasteiger partial charge in [0.15, 0.2) is 5.82 Å². The minimum Gasteiger partial charge on any atom is -0.341 e. The van der Waals surface area contributed by atoms with Gasteiger partial charge >= 0.3 is 6.03 Å². The van der Waals surface area contributed by atoms with Crippen molar-refractivity contribution in [2.24, 2.45) is 0 Å². The first kappa shape index (κ1) is 17.5. The van der Waals surface area contributed by atoms with E-state index in [1.165, 1.54) is 0 Å². The zero-order valence-electron chi connectivity index (χ0n) is 15.4. The van der Waals surface area contributed by atoms with Gasteiger partial charge in [0.1, 0.15) is 0 Å². The molecular weight excluding hydrogens is 346 g/mol. The van der Waals surface area contributed by atoms with Crippen LogP contribution in [0.15, 0.2) is 28.8 Å². The van der Waals surface area contributed by atoms with Crippen molar-refractivity contribution in [1.29, 1.82) is 0 Å². The quantitative estimate of drug-likeness (QED) is 0.898. The van der Waals surface area contributed by atoms with Crippen LogP contribution in [0.1, 0.15) is 37.9 Å². The van der Waals surface area contributed by atoms with Crippen molar-refractivity contribution in [2.45, 2.75) is 32.1 Å². The second-order valence-electron chi connectivity index (χ2n) is 7.09. The Hall–Kier alpha value is -2.90. The van der Waals surface area contributed by atoms with E-state index in [-0.39, 0.29) is 11.9 Å². The lowest BCUT2D eigenvalue weighted by Crippen LogP contribution is -2.38. The molecule has 8 heteroatoms. The third-order valence-corrected chi connectivity index (χ3v) is 4.97. The van der Waals surface area contributed by atoms with Gasteiger partial charge in [0.2, 0.25) is 5.91 Å². The molecule has 1 aliphatic carbocycles. The Kier molecular flexibility index (Phi) is 4.79. The molecule has 2 fully saturated rings. The standard InChI is InChI=1S/C19H23N5O3/c1-13(25)23-8-3-9-24(11-10-23)19(26)20-16-5-2-4-15(12-16)18-21-17(22-27-18)14-6-7-14/h2,4-5,12,14H,3,6-11H2,1H3,(H,20,26). The van der Waals surface area contributed by atoms with Crippen molar-refractivity contribution in [1.82, 2.24) is 19.9 Å². The summed E-state index contributed by atoms with van der Waals surface area (Å²) in [5.41, 5.74) is 1.46. The summed E-state index contributed by atoms with van der Waals surface area (Å²) in [5, 5.41) is 6.97. The van der Waals surface area contributed by atoms with Gasteiger partial charge in [-0.1, -0.05) is 11.2 Å². The number of aromatic nitrogens is 2. The van der Waals surface area contributed by atoms with Crippen LogP contribution >= 0.6 is 0 Å². The van der Waals surface area contributed by atoms with Crippen LogP contribution in [0.5, 0.6) is 0 Å². The van der Waals surface area contributed by atoms with Gasteiger partial charge in [0, 0.05) is 50.3 Å². The molecule has 2 aromatic rings. The summed E-state index contributed by atoms with van der Waals surface area (Å²) in [4.78, 5) is 32.1. The van der Waals surface area contributed by atoms with Crippen LogP contribution in [0.4, 0.5) is 10.5 Å². The molecule has 1 aromatic carbocycles. The molecule has 1 aliphatic heterocycles. The van der Waals surface area contributed by atoms with E-state index in [1.807, 2.05) is 24.3 Å². The van der Waals surface area contributed by atoms with Crippen molar-refractivity contribution in [3.05, 3.63) is 30.1 Å². The molecule has 1 saturated heterocycles. The van der Waals surface area contributed by atoms with Gasteiger partial charge in [0.25, 0.3) is 5.89 Å². The highest BCUT2D eigenvalue weighted by molar-refractivity contribution is 5.90. The molecule has 27 heavy (non-hydrogen) atoms. The first-order valence-electron chi connectivity index (χ1n) is 9.35. The molecule has 8 nitrogen and oxygen atoms in total. The molecule has 2 aliphatic rings. The normalized spacial score (nSPS) is 17.5. The Morgan fingerprint density at radius 1 is 1.15 bits per heavy atom. The van der Waals surface area contributed by atoms with E-state index in [0.29, 0.717) is 43.7 Å². The molecule has 0 spiro atoms. The van der Waals surface area contributed by atoms with E-state index < -0.39 is 0 Å². The van der Waals surface area contributed by atoms with Crippen LogP contribution in [0, 0.1) is 0 Å². The zero-order valence-corrected chi connectivity index (χ0v) is 15.4. The van der Waals surface area contributed by atoms with Crippen LogP contribution in [0.3, 0.4) is 0 Å². The maximum Gasteiger partial charge on any atom is 0.321 e. The van der Waals surface area contributed by atoms with Crippen molar-refractivity contribution in [3.8, 4) is 11.5 Å². The molecule has 0 atom stereocenters.